The van der Waals surface area contributed by atoms with Gasteiger partial charge >= 0.3 is 5.69 Å². The molecule has 2 rings (SSSR count). The highest BCUT2D eigenvalue weighted by Crippen LogP contribution is 2.35. The predicted molar refractivity (Wildman–Crippen MR) is 59.4 cm³/mol. The van der Waals surface area contributed by atoms with Crippen LogP contribution in [0.1, 0.15) is 6.23 Å². The van der Waals surface area contributed by atoms with Crippen LogP contribution in [0.3, 0.4) is 0 Å². The van der Waals surface area contributed by atoms with Gasteiger partial charge in [0.1, 0.15) is 5.82 Å². The molecule has 0 spiro atoms. The molecule has 7 nitrogen and oxygen atoms in total. The van der Waals surface area contributed by atoms with E-state index in [1.807, 2.05) is 0 Å². The summed E-state index contributed by atoms with van der Waals surface area (Å²) in [7, 11) is 0. The van der Waals surface area contributed by atoms with Crippen molar-refractivity contribution in [1.29, 1.82) is 0 Å². The first kappa shape index (κ1) is 12.9. The third-order valence-corrected chi connectivity index (χ3v) is 2.99. The van der Waals surface area contributed by atoms with E-state index in [0.717, 1.165) is 4.57 Å². The SMILES string of the molecule is Nc1ccn([C@@H]2O[C@H](CO)[C@@H](CO)[C@@H]2F)c(=O)n1. The number of aromatic nitrogens is 2. The Morgan fingerprint density at radius 2 is 2.22 bits per heavy atom. The number of aliphatic hydroxyl groups excluding tert-OH is 2. The number of rotatable bonds is 3. The van der Waals surface area contributed by atoms with E-state index >= 15 is 0 Å². The first-order valence-corrected chi connectivity index (χ1v) is 5.44. The Balaban J connectivity index is 2.32. The van der Waals surface area contributed by atoms with Crippen molar-refractivity contribution in [3.05, 3.63) is 22.7 Å². The second-order valence-electron chi connectivity index (χ2n) is 4.08. The highest BCUT2D eigenvalue weighted by atomic mass is 19.1. The van der Waals surface area contributed by atoms with Crippen LogP contribution in [-0.4, -0.2) is 45.3 Å². The largest absolute Gasteiger partial charge is 0.396 e. The summed E-state index contributed by atoms with van der Waals surface area (Å²) in [5.74, 6) is -0.841. The van der Waals surface area contributed by atoms with Crippen LogP contribution in [0.15, 0.2) is 17.1 Å². The number of nitrogens with two attached hydrogens (primary N) is 1. The van der Waals surface area contributed by atoms with Crippen molar-refractivity contribution < 1.29 is 19.3 Å². The highest BCUT2D eigenvalue weighted by molar-refractivity contribution is 5.23. The van der Waals surface area contributed by atoms with Crippen molar-refractivity contribution in [3.63, 3.8) is 0 Å². The monoisotopic (exact) mass is 259 g/mol. The van der Waals surface area contributed by atoms with Gasteiger partial charge in [0.05, 0.1) is 19.3 Å². The van der Waals surface area contributed by atoms with Crippen molar-refractivity contribution in [1.82, 2.24) is 9.55 Å². The van der Waals surface area contributed by atoms with Gasteiger partial charge in [-0.2, -0.15) is 4.98 Å². The van der Waals surface area contributed by atoms with E-state index in [1.165, 1.54) is 12.3 Å². The summed E-state index contributed by atoms with van der Waals surface area (Å²) in [4.78, 5) is 15.0. The molecule has 8 heteroatoms. The molecular weight excluding hydrogens is 245 g/mol. The number of hydrogen-bond acceptors (Lipinski definition) is 6. The second kappa shape index (κ2) is 5.01. The van der Waals surface area contributed by atoms with Crippen LogP contribution in [-0.2, 0) is 4.74 Å². The summed E-state index contributed by atoms with van der Waals surface area (Å²) in [6.45, 7) is -0.903. The third-order valence-electron chi connectivity index (χ3n) is 2.99. The lowest BCUT2D eigenvalue weighted by Crippen LogP contribution is -2.32. The van der Waals surface area contributed by atoms with Gasteiger partial charge < -0.3 is 20.7 Å². The number of anilines is 1. The normalized spacial score (nSPS) is 31.7. The molecule has 1 aliphatic rings. The molecular formula is C10H14FN3O4. The van der Waals surface area contributed by atoms with Crippen LogP contribution in [0.4, 0.5) is 10.2 Å². The second-order valence-corrected chi connectivity index (χ2v) is 4.08. The van der Waals surface area contributed by atoms with E-state index in [-0.39, 0.29) is 5.82 Å². The molecule has 1 aromatic rings. The van der Waals surface area contributed by atoms with E-state index in [9.17, 15) is 9.18 Å². The molecule has 4 N–H and O–H groups in total. The van der Waals surface area contributed by atoms with E-state index in [1.54, 1.807) is 0 Å². The Morgan fingerprint density at radius 3 is 2.72 bits per heavy atom. The van der Waals surface area contributed by atoms with Gasteiger partial charge in [-0.15, -0.1) is 0 Å². The molecule has 4 atom stereocenters. The van der Waals surface area contributed by atoms with Crippen LogP contribution in [0.25, 0.3) is 0 Å². The number of hydrogen-bond donors (Lipinski definition) is 3. The standard InChI is InChI=1S/C10H14FN3O4/c11-8-5(3-15)6(4-16)18-9(8)14-2-1-7(12)13-10(14)17/h1-2,5-6,8-9,15-16H,3-4H2,(H2,12,13,17)/t5-,6-,8+,9-/m1/s1. The number of nitrogens with zero attached hydrogens (tertiary/aromatic N) is 2. The molecule has 0 aliphatic carbocycles. The topological polar surface area (TPSA) is 111 Å². The van der Waals surface area contributed by atoms with Crippen LogP contribution < -0.4 is 11.4 Å². The Labute approximate surface area is 102 Å². The Kier molecular flexibility index (Phi) is 3.60. The van der Waals surface area contributed by atoms with Crippen molar-refractivity contribution in [2.24, 2.45) is 5.92 Å². The summed E-state index contributed by atoms with van der Waals surface area (Å²) in [6.07, 6.45) is -2.38. The highest BCUT2D eigenvalue weighted by Gasteiger charge is 2.45. The quantitative estimate of drug-likeness (QED) is 0.619. The molecule has 2 heterocycles. The maximum Gasteiger partial charge on any atom is 0.351 e. The van der Waals surface area contributed by atoms with Crippen LogP contribution in [0.2, 0.25) is 0 Å². The molecule has 100 valence electrons. The average Bonchev–Trinajstić information content (AvgIpc) is 2.66. The molecule has 1 fully saturated rings. The fraction of sp³-hybridized carbons (Fsp3) is 0.600. The van der Waals surface area contributed by atoms with Crippen LogP contribution >= 0.6 is 0 Å². The summed E-state index contributed by atoms with van der Waals surface area (Å²) < 4.78 is 20.2. The zero-order valence-electron chi connectivity index (χ0n) is 9.44. The zero-order chi connectivity index (χ0) is 13.3. The molecule has 18 heavy (non-hydrogen) atoms. The van der Waals surface area contributed by atoms with Gasteiger partial charge in [0, 0.05) is 12.1 Å². The van der Waals surface area contributed by atoms with Gasteiger partial charge in [-0.25, -0.2) is 9.18 Å². The van der Waals surface area contributed by atoms with Gasteiger partial charge in [0.2, 0.25) is 0 Å². The van der Waals surface area contributed by atoms with E-state index in [0.29, 0.717) is 0 Å². The predicted octanol–water partition coefficient (Wildman–Crippen LogP) is -1.34. The van der Waals surface area contributed by atoms with E-state index < -0.39 is 43.3 Å². The third kappa shape index (κ3) is 2.09. The van der Waals surface area contributed by atoms with Gasteiger partial charge in [-0.1, -0.05) is 0 Å². The molecule has 0 radical (unpaired) electrons. The minimum Gasteiger partial charge on any atom is -0.396 e. The molecule has 0 unspecified atom stereocenters. The first-order valence-electron chi connectivity index (χ1n) is 5.44. The molecule has 1 aromatic heterocycles. The Morgan fingerprint density at radius 1 is 1.50 bits per heavy atom. The maximum absolute atomic E-state index is 14.0. The lowest BCUT2D eigenvalue weighted by molar-refractivity contribution is -0.0440. The summed E-state index contributed by atoms with van der Waals surface area (Å²) in [5.41, 5.74) is 4.59. The van der Waals surface area contributed by atoms with E-state index in [4.69, 9.17) is 20.7 Å². The van der Waals surface area contributed by atoms with E-state index in [2.05, 4.69) is 4.98 Å². The summed E-state index contributed by atoms with van der Waals surface area (Å²) in [6, 6.07) is 1.34. The fourth-order valence-electron chi connectivity index (χ4n) is 2.01. The van der Waals surface area contributed by atoms with Crippen molar-refractivity contribution in [3.8, 4) is 0 Å². The molecule has 1 aliphatic heterocycles. The smallest absolute Gasteiger partial charge is 0.351 e. The maximum atomic E-state index is 14.0. The number of aliphatic hydroxyl groups is 2. The molecule has 0 aromatic carbocycles. The Hall–Kier alpha value is -1.51. The number of alkyl halides is 1. The van der Waals surface area contributed by atoms with Gasteiger partial charge in [-0.3, -0.25) is 4.57 Å². The molecule has 0 amide bonds. The Bertz CT molecular complexity index is 480. The number of ether oxygens (including phenoxy) is 1. The van der Waals surface area contributed by atoms with Crippen molar-refractivity contribution in [2.45, 2.75) is 18.5 Å². The minimum atomic E-state index is -1.60. The fourth-order valence-corrected chi connectivity index (χ4v) is 2.01. The number of halogens is 1. The van der Waals surface area contributed by atoms with Crippen LogP contribution in [0.5, 0.6) is 0 Å². The minimum absolute atomic E-state index is 0.0297. The molecule has 0 saturated carbocycles. The van der Waals surface area contributed by atoms with Gasteiger partial charge in [0.15, 0.2) is 12.4 Å². The van der Waals surface area contributed by atoms with Crippen LogP contribution in [0, 0.1) is 5.92 Å². The number of nitrogen functional groups attached to an aromatic ring is 1. The summed E-state index contributed by atoms with van der Waals surface area (Å²) in [5, 5.41) is 18.1. The van der Waals surface area contributed by atoms with Crippen molar-refractivity contribution in [2.75, 3.05) is 18.9 Å². The zero-order valence-corrected chi connectivity index (χ0v) is 9.44. The summed E-state index contributed by atoms with van der Waals surface area (Å²) >= 11 is 0. The lowest BCUT2D eigenvalue weighted by atomic mass is 10.0. The van der Waals surface area contributed by atoms with Crippen molar-refractivity contribution >= 4 is 5.82 Å². The molecule has 1 saturated heterocycles. The average molecular weight is 259 g/mol. The van der Waals surface area contributed by atoms with Gasteiger partial charge in [-0.05, 0) is 6.07 Å². The molecule has 0 bridgehead atoms. The lowest BCUT2D eigenvalue weighted by Gasteiger charge is -2.16. The van der Waals surface area contributed by atoms with Gasteiger partial charge in [0.25, 0.3) is 0 Å². The first-order chi connectivity index (χ1) is 8.58.